The van der Waals surface area contributed by atoms with Gasteiger partial charge in [-0.3, -0.25) is 9.69 Å². The maximum Gasteiger partial charge on any atom is 0.141 e. The smallest absolute Gasteiger partial charge is 0.141 e. The molecule has 0 amide bonds. The summed E-state index contributed by atoms with van der Waals surface area (Å²) in [5.74, 6) is 0.227. The van der Waals surface area contributed by atoms with Crippen LogP contribution in [0.5, 0.6) is 0 Å². The number of nitrogens with zero attached hydrogens (tertiary/aromatic N) is 4. The predicted octanol–water partition coefficient (Wildman–Crippen LogP) is 3.19. The Morgan fingerprint density at radius 1 is 1.03 bits per heavy atom. The fourth-order valence-electron chi connectivity index (χ4n) is 3.93. The third-order valence-corrected chi connectivity index (χ3v) is 5.80. The largest absolute Gasteiger partial charge is 0.379 e. The molecule has 4 rings (SSSR count). The molecule has 162 valence electrons. The minimum atomic E-state index is 0.227. The number of benzene rings is 2. The molecule has 2 aromatic carbocycles. The van der Waals surface area contributed by atoms with E-state index in [1.807, 2.05) is 66.3 Å². The summed E-state index contributed by atoms with van der Waals surface area (Å²) in [5.41, 5.74) is 5.26. The lowest BCUT2D eigenvalue weighted by molar-refractivity contribution is -0.117. The number of rotatable bonds is 9. The summed E-state index contributed by atoms with van der Waals surface area (Å²) in [6.07, 6.45) is 4.91. The van der Waals surface area contributed by atoms with E-state index in [9.17, 15) is 4.79 Å². The minimum Gasteiger partial charge on any atom is -0.379 e. The first-order valence-corrected chi connectivity index (χ1v) is 11.0. The van der Waals surface area contributed by atoms with E-state index in [1.54, 1.807) is 0 Å². The fraction of sp³-hybridized carbons (Fsp3) is 0.400. The Bertz CT molecular complexity index is 991. The standard InChI is InChI=1S/C25H30N4O2/c1-20-5-2-3-6-22(20)18-25(30)17-21-8-10-24(11-9-21)29-19-23(26-27-29)7-4-12-28-13-15-31-16-14-28/h2-3,5-6,8-11,19H,4,7,12-18H2,1H3. The molecular formula is C25H30N4O2. The average Bonchev–Trinajstić information content (AvgIpc) is 3.25. The summed E-state index contributed by atoms with van der Waals surface area (Å²) >= 11 is 0. The molecular weight excluding hydrogens is 388 g/mol. The molecule has 6 nitrogen and oxygen atoms in total. The molecule has 0 N–H and O–H groups in total. The van der Waals surface area contributed by atoms with Gasteiger partial charge in [0.2, 0.25) is 0 Å². The molecule has 0 spiro atoms. The van der Waals surface area contributed by atoms with Gasteiger partial charge in [0.05, 0.1) is 30.8 Å². The number of ether oxygens (including phenoxy) is 1. The summed E-state index contributed by atoms with van der Waals surface area (Å²) in [5, 5.41) is 8.59. The first-order valence-electron chi connectivity index (χ1n) is 11.0. The van der Waals surface area contributed by atoms with E-state index in [4.69, 9.17) is 4.74 Å². The molecule has 6 heteroatoms. The summed E-state index contributed by atoms with van der Waals surface area (Å²) in [4.78, 5) is 14.9. The molecule has 1 fully saturated rings. The van der Waals surface area contributed by atoms with Crippen LogP contribution in [0.25, 0.3) is 5.69 Å². The van der Waals surface area contributed by atoms with Crippen molar-refractivity contribution in [1.29, 1.82) is 0 Å². The molecule has 0 atom stereocenters. The van der Waals surface area contributed by atoms with E-state index >= 15 is 0 Å². The third-order valence-electron chi connectivity index (χ3n) is 5.80. The van der Waals surface area contributed by atoms with E-state index < -0.39 is 0 Å². The Kier molecular flexibility index (Phi) is 7.22. The van der Waals surface area contributed by atoms with Gasteiger partial charge in [0.25, 0.3) is 0 Å². The van der Waals surface area contributed by atoms with Crippen LogP contribution in [0.1, 0.15) is 28.8 Å². The molecule has 31 heavy (non-hydrogen) atoms. The van der Waals surface area contributed by atoms with E-state index in [0.717, 1.165) is 73.8 Å². The molecule has 0 radical (unpaired) electrons. The van der Waals surface area contributed by atoms with Gasteiger partial charge < -0.3 is 4.74 Å². The Hall–Kier alpha value is -2.83. The lowest BCUT2D eigenvalue weighted by atomic mass is 9.99. The SMILES string of the molecule is Cc1ccccc1CC(=O)Cc1ccc(-n2cc(CCCN3CCOCC3)nn2)cc1. The molecule has 3 aromatic rings. The number of aryl methyl sites for hydroxylation is 2. The second kappa shape index (κ2) is 10.5. The van der Waals surface area contributed by atoms with Crippen molar-refractivity contribution in [2.75, 3.05) is 32.8 Å². The Morgan fingerprint density at radius 2 is 1.81 bits per heavy atom. The number of carbonyl (C=O) groups excluding carboxylic acids is 1. The van der Waals surface area contributed by atoms with E-state index in [1.165, 1.54) is 0 Å². The first-order chi connectivity index (χ1) is 15.2. The van der Waals surface area contributed by atoms with E-state index in [0.29, 0.717) is 12.8 Å². The number of hydrogen-bond donors (Lipinski definition) is 0. The highest BCUT2D eigenvalue weighted by Crippen LogP contribution is 2.13. The second-order valence-electron chi connectivity index (χ2n) is 8.20. The highest BCUT2D eigenvalue weighted by molar-refractivity contribution is 5.83. The van der Waals surface area contributed by atoms with Crippen LogP contribution >= 0.6 is 0 Å². The number of Topliss-reactive ketones (excluding diaryl/α,β-unsaturated/α-hetero) is 1. The van der Waals surface area contributed by atoms with Crippen LogP contribution in [0.4, 0.5) is 0 Å². The quantitative estimate of drug-likeness (QED) is 0.534. The average molecular weight is 419 g/mol. The van der Waals surface area contributed by atoms with Crippen LogP contribution < -0.4 is 0 Å². The lowest BCUT2D eigenvalue weighted by Gasteiger charge is -2.26. The summed E-state index contributed by atoms with van der Waals surface area (Å²) in [7, 11) is 0. The van der Waals surface area contributed by atoms with Gasteiger partial charge in [0, 0.05) is 25.9 Å². The number of morpholine rings is 1. The van der Waals surface area contributed by atoms with Crippen molar-refractivity contribution in [3.63, 3.8) is 0 Å². The van der Waals surface area contributed by atoms with Gasteiger partial charge in [0.1, 0.15) is 5.78 Å². The maximum atomic E-state index is 12.5. The molecule has 0 aliphatic carbocycles. The van der Waals surface area contributed by atoms with Gasteiger partial charge in [-0.25, -0.2) is 4.68 Å². The molecule has 0 bridgehead atoms. The van der Waals surface area contributed by atoms with Crippen LogP contribution in [-0.4, -0.2) is 58.5 Å². The zero-order valence-electron chi connectivity index (χ0n) is 18.2. The van der Waals surface area contributed by atoms with E-state index in [2.05, 4.69) is 15.2 Å². The summed E-state index contributed by atoms with van der Waals surface area (Å²) in [6.45, 7) is 6.83. The van der Waals surface area contributed by atoms with Gasteiger partial charge in [-0.1, -0.05) is 41.6 Å². The van der Waals surface area contributed by atoms with Gasteiger partial charge in [-0.2, -0.15) is 0 Å². The first kappa shape index (κ1) is 21.4. The second-order valence-corrected chi connectivity index (χ2v) is 8.20. The molecule has 1 aromatic heterocycles. The monoisotopic (exact) mass is 418 g/mol. The Labute approximate surface area is 183 Å². The Balaban J connectivity index is 1.28. The lowest BCUT2D eigenvalue weighted by Crippen LogP contribution is -2.36. The third kappa shape index (κ3) is 6.09. The highest BCUT2D eigenvalue weighted by Gasteiger charge is 2.11. The number of aromatic nitrogens is 3. The number of carbonyl (C=O) groups is 1. The van der Waals surface area contributed by atoms with Gasteiger partial charge >= 0.3 is 0 Å². The van der Waals surface area contributed by atoms with Crippen molar-refractivity contribution < 1.29 is 9.53 Å². The van der Waals surface area contributed by atoms with Crippen LogP contribution in [0, 0.1) is 6.92 Å². The summed E-state index contributed by atoms with van der Waals surface area (Å²) < 4.78 is 7.20. The Morgan fingerprint density at radius 3 is 2.58 bits per heavy atom. The predicted molar refractivity (Wildman–Crippen MR) is 121 cm³/mol. The minimum absolute atomic E-state index is 0.227. The highest BCUT2D eigenvalue weighted by atomic mass is 16.5. The normalized spacial score (nSPS) is 14.6. The van der Waals surface area contributed by atoms with Crippen molar-refractivity contribution in [3.05, 3.63) is 77.1 Å². The fourth-order valence-corrected chi connectivity index (χ4v) is 3.93. The molecule has 1 aliphatic rings. The number of ketones is 1. The molecule has 2 heterocycles. The van der Waals surface area contributed by atoms with Crippen LogP contribution in [0.3, 0.4) is 0 Å². The maximum absolute atomic E-state index is 12.5. The van der Waals surface area contributed by atoms with Crippen molar-refractivity contribution in [2.24, 2.45) is 0 Å². The van der Waals surface area contributed by atoms with Crippen LogP contribution in [0.2, 0.25) is 0 Å². The molecule has 1 aliphatic heterocycles. The molecule has 0 saturated carbocycles. The van der Waals surface area contributed by atoms with E-state index in [-0.39, 0.29) is 5.78 Å². The van der Waals surface area contributed by atoms with Gasteiger partial charge in [0.15, 0.2) is 0 Å². The van der Waals surface area contributed by atoms with Crippen LogP contribution in [0.15, 0.2) is 54.7 Å². The number of hydrogen-bond acceptors (Lipinski definition) is 5. The van der Waals surface area contributed by atoms with Crippen LogP contribution in [-0.2, 0) is 28.8 Å². The van der Waals surface area contributed by atoms with Crippen molar-refractivity contribution in [3.8, 4) is 5.69 Å². The van der Waals surface area contributed by atoms with Gasteiger partial charge in [-0.15, -0.1) is 5.10 Å². The topological polar surface area (TPSA) is 60.2 Å². The van der Waals surface area contributed by atoms with Crippen molar-refractivity contribution >= 4 is 5.78 Å². The molecule has 0 unspecified atom stereocenters. The molecule has 1 saturated heterocycles. The zero-order valence-corrected chi connectivity index (χ0v) is 18.2. The van der Waals surface area contributed by atoms with Gasteiger partial charge in [-0.05, 0) is 55.1 Å². The van der Waals surface area contributed by atoms with Crippen molar-refractivity contribution in [1.82, 2.24) is 19.9 Å². The van der Waals surface area contributed by atoms with Crippen molar-refractivity contribution in [2.45, 2.75) is 32.6 Å². The summed E-state index contributed by atoms with van der Waals surface area (Å²) in [6, 6.07) is 16.1. The zero-order chi connectivity index (χ0) is 21.5.